The number of thioether (sulfide) groups is 1. The molecular formula is C41H59O3S2+. The first kappa shape index (κ1) is 38.2. The monoisotopic (exact) mass is 663 g/mol. The number of allylic oxidation sites excluding steroid dienone is 8. The van der Waals surface area contributed by atoms with Gasteiger partial charge >= 0.3 is 0 Å². The van der Waals surface area contributed by atoms with Crippen molar-refractivity contribution >= 4 is 40.7 Å². The summed E-state index contributed by atoms with van der Waals surface area (Å²) in [6.07, 6.45) is 31.2. The predicted octanol–water partition coefficient (Wildman–Crippen LogP) is 13.0. The number of unbranched alkanes of at least 4 members (excludes halogenated alkanes) is 12. The standard InChI is InChI=1S/C41H58O3S2/c1-5-9-13-17-21-33-25-31(26-34(45-33)22-18-14-10-6-2)29-37-39(42)38(41(44)40(37)43)30-32-27-35(23-19-15-11-7-3)46-36(28-32)24-20-16-12-8-4/h25-30H,5-24H2,1-4H3/p+1. The van der Waals surface area contributed by atoms with E-state index in [-0.39, 0.29) is 16.9 Å². The largest absolute Gasteiger partial charge is 0.506 e. The number of carbonyl (C=O) groups excluding carboxylic acids is 2. The Bertz CT molecular complexity index is 1250. The quantitative estimate of drug-likeness (QED) is 0.0580. The predicted molar refractivity (Wildman–Crippen MR) is 201 cm³/mol. The average molecular weight is 664 g/mol. The van der Waals surface area contributed by atoms with Crippen molar-refractivity contribution in [2.75, 3.05) is 0 Å². The Morgan fingerprint density at radius 3 is 1.52 bits per heavy atom. The number of aryl methyl sites for hydroxylation is 2. The van der Waals surface area contributed by atoms with E-state index in [0.29, 0.717) is 0 Å². The molecular weight excluding hydrogens is 605 g/mol. The first-order valence-corrected chi connectivity index (χ1v) is 20.0. The molecule has 2 heterocycles. The molecule has 0 saturated heterocycles. The van der Waals surface area contributed by atoms with Gasteiger partial charge in [0.1, 0.15) is 5.76 Å². The van der Waals surface area contributed by atoms with E-state index in [0.717, 1.165) is 62.5 Å². The molecule has 1 N–H and O–H groups in total. The van der Waals surface area contributed by atoms with Gasteiger partial charge in [-0.2, -0.15) is 0 Å². The van der Waals surface area contributed by atoms with Crippen LogP contribution in [0.3, 0.4) is 0 Å². The topological polar surface area (TPSA) is 54.4 Å². The van der Waals surface area contributed by atoms with Crippen LogP contribution >= 0.6 is 23.1 Å². The van der Waals surface area contributed by atoms with Gasteiger partial charge in [-0.05, 0) is 83.8 Å². The van der Waals surface area contributed by atoms with Gasteiger partial charge in [-0.3, -0.25) is 9.59 Å². The van der Waals surface area contributed by atoms with Gasteiger partial charge in [0.15, 0.2) is 0 Å². The first-order chi connectivity index (χ1) is 22.4. The third-order valence-electron chi connectivity index (χ3n) is 8.77. The number of hydrogen-bond donors (Lipinski definition) is 1. The fraction of sp³-hybridized carbons (Fsp3) is 0.585. The van der Waals surface area contributed by atoms with Crippen LogP contribution in [0.4, 0.5) is 0 Å². The fourth-order valence-corrected chi connectivity index (χ4v) is 8.49. The summed E-state index contributed by atoms with van der Waals surface area (Å²) in [5.41, 5.74) is 2.06. The van der Waals surface area contributed by atoms with Crippen molar-refractivity contribution < 1.29 is 14.7 Å². The van der Waals surface area contributed by atoms with Crippen LogP contribution in [0.15, 0.2) is 62.6 Å². The molecule has 0 bridgehead atoms. The summed E-state index contributed by atoms with van der Waals surface area (Å²) in [6, 6.07) is 4.31. The molecule has 5 heteroatoms. The van der Waals surface area contributed by atoms with Crippen LogP contribution in [-0.2, 0) is 22.4 Å². The van der Waals surface area contributed by atoms with Gasteiger partial charge in [-0.1, -0.05) is 117 Å². The Labute approximate surface area is 288 Å². The zero-order valence-electron chi connectivity index (χ0n) is 29.2. The van der Waals surface area contributed by atoms with E-state index in [4.69, 9.17) is 0 Å². The smallest absolute Gasteiger partial charge is 0.237 e. The minimum atomic E-state index is -0.608. The Morgan fingerprint density at radius 1 is 0.609 bits per heavy atom. The van der Waals surface area contributed by atoms with E-state index in [2.05, 4.69) is 52.0 Å². The number of aliphatic hydroxyl groups excluding tert-OH is 1. The van der Waals surface area contributed by atoms with Gasteiger partial charge in [0.05, 0.1) is 11.1 Å². The summed E-state index contributed by atoms with van der Waals surface area (Å²) >= 11 is 3.75. The van der Waals surface area contributed by atoms with E-state index < -0.39 is 11.6 Å². The lowest BCUT2D eigenvalue weighted by molar-refractivity contribution is -0.131. The highest BCUT2D eigenvalue weighted by Gasteiger charge is 2.35. The average Bonchev–Trinajstić information content (AvgIpc) is 3.24. The molecule has 252 valence electrons. The molecule has 0 spiro atoms. The Balaban J connectivity index is 1.91. The van der Waals surface area contributed by atoms with Gasteiger partial charge in [-0.25, -0.2) is 0 Å². The van der Waals surface area contributed by atoms with Crippen LogP contribution in [-0.4, -0.2) is 16.7 Å². The van der Waals surface area contributed by atoms with Crippen LogP contribution in [0, 0.1) is 0 Å². The number of hydrogen-bond acceptors (Lipinski definition) is 4. The van der Waals surface area contributed by atoms with Gasteiger partial charge in [0, 0.05) is 25.0 Å². The normalized spacial score (nSPS) is 16.1. The highest BCUT2D eigenvalue weighted by Crippen LogP contribution is 2.39. The van der Waals surface area contributed by atoms with Crippen LogP contribution in [0.2, 0.25) is 0 Å². The third-order valence-corrected chi connectivity index (χ3v) is 11.1. The maximum absolute atomic E-state index is 13.3. The first-order valence-electron chi connectivity index (χ1n) is 18.4. The molecule has 0 saturated carbocycles. The molecule has 1 aromatic rings. The zero-order chi connectivity index (χ0) is 33.1. The van der Waals surface area contributed by atoms with Crippen LogP contribution in [0.25, 0.3) is 6.08 Å². The van der Waals surface area contributed by atoms with Gasteiger partial charge in [-0.15, -0.1) is 0 Å². The van der Waals surface area contributed by atoms with Crippen LogP contribution < -0.4 is 0 Å². The fourth-order valence-electron chi connectivity index (χ4n) is 6.05. The van der Waals surface area contributed by atoms with E-state index in [1.807, 2.05) is 23.1 Å². The Morgan fingerprint density at radius 2 is 1.07 bits per heavy atom. The van der Waals surface area contributed by atoms with Crippen molar-refractivity contribution in [1.82, 2.24) is 0 Å². The summed E-state index contributed by atoms with van der Waals surface area (Å²) in [5, 5.41) is 11.3. The molecule has 0 radical (unpaired) electrons. The van der Waals surface area contributed by atoms with Crippen molar-refractivity contribution in [3.8, 4) is 0 Å². The van der Waals surface area contributed by atoms with Crippen molar-refractivity contribution in [3.05, 3.63) is 78.0 Å². The molecule has 0 unspecified atom stereocenters. The summed E-state index contributed by atoms with van der Waals surface area (Å²) in [4.78, 5) is 31.8. The summed E-state index contributed by atoms with van der Waals surface area (Å²) < 4.78 is 0. The van der Waals surface area contributed by atoms with E-state index >= 15 is 0 Å². The molecule has 46 heavy (non-hydrogen) atoms. The molecule has 1 aliphatic carbocycles. The second-order valence-electron chi connectivity index (χ2n) is 13.0. The summed E-state index contributed by atoms with van der Waals surface area (Å²) in [7, 11) is 0. The van der Waals surface area contributed by atoms with Gasteiger partial charge in [0.25, 0.3) is 0 Å². The number of rotatable bonds is 22. The molecule has 1 aliphatic heterocycles. The van der Waals surface area contributed by atoms with Crippen molar-refractivity contribution in [2.24, 2.45) is 0 Å². The minimum Gasteiger partial charge on any atom is -0.506 e. The molecule has 0 aromatic carbocycles. The van der Waals surface area contributed by atoms with Crippen molar-refractivity contribution in [1.29, 1.82) is 0 Å². The van der Waals surface area contributed by atoms with E-state index in [1.165, 1.54) is 96.6 Å². The maximum Gasteiger partial charge on any atom is 0.237 e. The third kappa shape index (κ3) is 12.8. The lowest BCUT2D eigenvalue weighted by atomic mass is 10.1. The number of aliphatic hydroxyl groups is 1. The number of Topliss-reactive ketones (excluding diaryl/α,β-unsaturated/α-hetero) is 2. The van der Waals surface area contributed by atoms with Crippen LogP contribution in [0.1, 0.15) is 159 Å². The molecule has 0 atom stereocenters. The summed E-state index contributed by atoms with van der Waals surface area (Å²) in [5.74, 6) is -1.40. The van der Waals surface area contributed by atoms with Gasteiger partial charge in [0.2, 0.25) is 32.7 Å². The second kappa shape index (κ2) is 21.6. The molecule has 1 aromatic heterocycles. The highest BCUT2D eigenvalue weighted by atomic mass is 32.2. The highest BCUT2D eigenvalue weighted by molar-refractivity contribution is 8.06. The Kier molecular flexibility index (Phi) is 17.9. The molecule has 3 rings (SSSR count). The van der Waals surface area contributed by atoms with Crippen molar-refractivity contribution in [3.63, 3.8) is 0 Å². The summed E-state index contributed by atoms with van der Waals surface area (Å²) in [6.45, 7) is 8.92. The van der Waals surface area contributed by atoms with Crippen molar-refractivity contribution in [2.45, 2.75) is 156 Å². The lowest BCUT2D eigenvalue weighted by Crippen LogP contribution is -2.09. The number of ketones is 2. The maximum atomic E-state index is 13.3. The number of carbonyl (C=O) groups is 2. The molecule has 0 fully saturated rings. The molecule has 0 amide bonds. The van der Waals surface area contributed by atoms with E-state index in [9.17, 15) is 14.7 Å². The minimum absolute atomic E-state index is 0.125. The van der Waals surface area contributed by atoms with Crippen LogP contribution in [0.5, 0.6) is 0 Å². The lowest BCUT2D eigenvalue weighted by Gasteiger charge is -2.17. The second-order valence-corrected chi connectivity index (χ2v) is 15.5. The Hall–Kier alpha value is -2.24. The molecule has 3 nitrogen and oxygen atoms in total. The molecule has 2 aliphatic rings. The van der Waals surface area contributed by atoms with E-state index in [1.54, 1.807) is 12.2 Å². The zero-order valence-corrected chi connectivity index (χ0v) is 30.8. The van der Waals surface area contributed by atoms with Gasteiger partial charge < -0.3 is 5.11 Å². The SMILES string of the molecule is CCCCCCC1=CC(=CC2=C(O)C(=Cc3cc(CCCCCC)[s+]c(CCCCCC)c3)C(=O)C2=O)C=C(CCCCCC)S1.